The first-order chi connectivity index (χ1) is 7.94. The number of sulfonamides is 1. The Morgan fingerprint density at radius 2 is 2.00 bits per heavy atom. The first-order valence-corrected chi connectivity index (χ1v) is 8.28. The highest BCUT2D eigenvalue weighted by molar-refractivity contribution is 7.89. The third-order valence-electron chi connectivity index (χ3n) is 3.35. The van der Waals surface area contributed by atoms with E-state index in [4.69, 9.17) is 0 Å². The van der Waals surface area contributed by atoms with Crippen molar-refractivity contribution in [3.05, 3.63) is 0 Å². The molecule has 5 heteroatoms. The summed E-state index contributed by atoms with van der Waals surface area (Å²) in [6.45, 7) is 4.02. The van der Waals surface area contributed by atoms with Crippen LogP contribution in [0.2, 0.25) is 0 Å². The molecule has 0 aromatic heterocycles. The minimum absolute atomic E-state index is 0.171. The van der Waals surface area contributed by atoms with Gasteiger partial charge in [-0.05, 0) is 25.2 Å². The fraction of sp³-hybridized carbons (Fsp3) is 1.00. The maximum absolute atomic E-state index is 11.9. The zero-order valence-corrected chi connectivity index (χ0v) is 11.7. The first-order valence-electron chi connectivity index (χ1n) is 6.62. The predicted molar refractivity (Wildman–Crippen MR) is 69.3 cm³/mol. The molecule has 0 radical (unpaired) electrons. The van der Waals surface area contributed by atoms with Crippen molar-refractivity contribution < 1.29 is 13.5 Å². The van der Waals surface area contributed by atoms with Crippen molar-refractivity contribution in [3.63, 3.8) is 0 Å². The van der Waals surface area contributed by atoms with E-state index in [2.05, 4.69) is 11.6 Å². The molecule has 4 nitrogen and oxygen atoms in total. The van der Waals surface area contributed by atoms with Crippen molar-refractivity contribution in [2.45, 2.75) is 64.5 Å². The summed E-state index contributed by atoms with van der Waals surface area (Å²) in [6.07, 6.45) is 4.86. The van der Waals surface area contributed by atoms with Crippen molar-refractivity contribution in [3.8, 4) is 0 Å². The maximum Gasteiger partial charge on any atom is 0.212 e. The van der Waals surface area contributed by atoms with Crippen LogP contribution in [0.5, 0.6) is 0 Å². The number of hydrogen-bond donors (Lipinski definition) is 2. The Kier molecular flexibility index (Phi) is 5.89. The molecule has 0 aromatic carbocycles. The fourth-order valence-electron chi connectivity index (χ4n) is 2.48. The molecule has 0 heterocycles. The first kappa shape index (κ1) is 14.9. The van der Waals surface area contributed by atoms with Crippen molar-refractivity contribution in [2.24, 2.45) is 5.92 Å². The van der Waals surface area contributed by atoms with Crippen molar-refractivity contribution >= 4 is 10.0 Å². The van der Waals surface area contributed by atoms with Crippen LogP contribution < -0.4 is 4.72 Å². The monoisotopic (exact) mass is 263 g/mol. The SMILES string of the molecule is CCCC(C)CS(=O)(=O)NC1CCCCC1O. The molecule has 1 fully saturated rings. The van der Waals surface area contributed by atoms with E-state index >= 15 is 0 Å². The highest BCUT2D eigenvalue weighted by Gasteiger charge is 2.27. The number of nitrogens with one attached hydrogen (secondary N) is 1. The van der Waals surface area contributed by atoms with Gasteiger partial charge in [0.25, 0.3) is 0 Å². The molecule has 1 aliphatic carbocycles. The molecule has 1 aliphatic rings. The summed E-state index contributed by atoms with van der Waals surface area (Å²) in [5, 5.41) is 9.74. The van der Waals surface area contributed by atoms with Crippen molar-refractivity contribution in [1.29, 1.82) is 0 Å². The molecule has 1 rings (SSSR count). The quantitative estimate of drug-likeness (QED) is 0.765. The molecular weight excluding hydrogens is 238 g/mol. The van der Waals surface area contributed by atoms with E-state index in [0.29, 0.717) is 6.42 Å². The zero-order valence-electron chi connectivity index (χ0n) is 10.9. The van der Waals surface area contributed by atoms with E-state index in [0.717, 1.165) is 32.1 Å². The van der Waals surface area contributed by atoms with E-state index in [1.54, 1.807) is 0 Å². The Bertz CT molecular complexity index is 316. The summed E-state index contributed by atoms with van der Waals surface area (Å²) in [5.41, 5.74) is 0. The summed E-state index contributed by atoms with van der Waals surface area (Å²) in [4.78, 5) is 0. The molecule has 102 valence electrons. The van der Waals surface area contributed by atoms with Crippen LogP contribution in [0.1, 0.15) is 52.4 Å². The predicted octanol–water partition coefficient (Wildman–Crippen LogP) is 1.65. The van der Waals surface area contributed by atoms with Gasteiger partial charge in [-0.3, -0.25) is 0 Å². The number of aliphatic hydroxyl groups is 1. The molecule has 3 atom stereocenters. The largest absolute Gasteiger partial charge is 0.391 e. The molecule has 17 heavy (non-hydrogen) atoms. The second kappa shape index (κ2) is 6.71. The molecule has 0 aromatic rings. The van der Waals surface area contributed by atoms with E-state index in [9.17, 15) is 13.5 Å². The van der Waals surface area contributed by atoms with Gasteiger partial charge in [-0.15, -0.1) is 0 Å². The van der Waals surface area contributed by atoms with Gasteiger partial charge in [-0.2, -0.15) is 0 Å². The minimum Gasteiger partial charge on any atom is -0.391 e. The second-order valence-corrected chi connectivity index (χ2v) is 7.05. The second-order valence-electron chi connectivity index (χ2n) is 5.25. The summed E-state index contributed by atoms with van der Waals surface area (Å²) in [5.74, 6) is 0.350. The van der Waals surface area contributed by atoms with Crippen molar-refractivity contribution in [2.75, 3.05) is 5.75 Å². The van der Waals surface area contributed by atoms with Gasteiger partial charge in [-0.1, -0.05) is 33.1 Å². The summed E-state index contributed by atoms with van der Waals surface area (Å²) >= 11 is 0. The minimum atomic E-state index is -3.25. The lowest BCUT2D eigenvalue weighted by molar-refractivity contribution is 0.101. The van der Waals surface area contributed by atoms with Crippen molar-refractivity contribution in [1.82, 2.24) is 4.72 Å². The van der Waals surface area contributed by atoms with Gasteiger partial charge < -0.3 is 5.11 Å². The normalized spacial score (nSPS) is 27.9. The average molecular weight is 263 g/mol. The summed E-state index contributed by atoms with van der Waals surface area (Å²) < 4.78 is 26.5. The van der Waals surface area contributed by atoms with Crippen LogP contribution >= 0.6 is 0 Å². The third-order valence-corrected chi connectivity index (χ3v) is 5.02. The Morgan fingerprint density at radius 1 is 1.35 bits per heavy atom. The highest BCUT2D eigenvalue weighted by atomic mass is 32.2. The highest BCUT2D eigenvalue weighted by Crippen LogP contribution is 2.19. The standard InChI is InChI=1S/C12H25NO3S/c1-3-6-10(2)9-17(15,16)13-11-7-4-5-8-12(11)14/h10-14H,3-9H2,1-2H3. The third kappa shape index (κ3) is 5.36. The molecule has 1 saturated carbocycles. The molecule has 0 amide bonds. The van der Waals surface area contributed by atoms with E-state index in [1.807, 2.05) is 6.92 Å². The topological polar surface area (TPSA) is 66.4 Å². The Balaban J connectivity index is 2.47. The molecule has 0 saturated heterocycles. The van der Waals surface area contributed by atoms with Gasteiger partial charge >= 0.3 is 0 Å². The summed E-state index contributed by atoms with van der Waals surface area (Å²) in [6, 6.07) is -0.275. The van der Waals surface area contributed by atoms with Gasteiger partial charge in [0, 0.05) is 6.04 Å². The lowest BCUT2D eigenvalue weighted by Gasteiger charge is -2.28. The Labute approximate surface area is 105 Å². The smallest absolute Gasteiger partial charge is 0.212 e. The molecule has 3 unspecified atom stereocenters. The number of aliphatic hydroxyl groups excluding tert-OH is 1. The van der Waals surface area contributed by atoms with Crippen LogP contribution in [0.3, 0.4) is 0 Å². The summed E-state index contributed by atoms with van der Waals surface area (Å²) in [7, 11) is -3.25. The van der Waals surface area contributed by atoms with E-state index < -0.39 is 16.1 Å². The van der Waals surface area contributed by atoms with Crippen LogP contribution in [0.25, 0.3) is 0 Å². The number of rotatable bonds is 6. The molecule has 0 aliphatic heterocycles. The number of hydrogen-bond acceptors (Lipinski definition) is 3. The van der Waals surface area contributed by atoms with Gasteiger partial charge in [0.15, 0.2) is 0 Å². The molecule has 0 spiro atoms. The molecule has 0 bridgehead atoms. The lowest BCUT2D eigenvalue weighted by Crippen LogP contribution is -2.46. The Morgan fingerprint density at radius 3 is 2.59 bits per heavy atom. The van der Waals surface area contributed by atoms with Crippen LogP contribution in [0, 0.1) is 5.92 Å². The average Bonchev–Trinajstić information content (AvgIpc) is 2.20. The zero-order chi connectivity index (χ0) is 12.9. The lowest BCUT2D eigenvalue weighted by atomic mass is 9.93. The van der Waals surface area contributed by atoms with Crippen LogP contribution in [-0.4, -0.2) is 31.4 Å². The van der Waals surface area contributed by atoms with Gasteiger partial charge in [-0.25, -0.2) is 13.1 Å². The van der Waals surface area contributed by atoms with Crippen LogP contribution in [0.15, 0.2) is 0 Å². The molecular formula is C12H25NO3S. The van der Waals surface area contributed by atoms with Crippen LogP contribution in [-0.2, 0) is 10.0 Å². The van der Waals surface area contributed by atoms with Gasteiger partial charge in [0.1, 0.15) is 0 Å². The maximum atomic E-state index is 11.9. The van der Waals surface area contributed by atoms with Gasteiger partial charge in [0.05, 0.1) is 11.9 Å². The fourth-order valence-corrected chi connectivity index (χ4v) is 4.23. The molecule has 2 N–H and O–H groups in total. The van der Waals surface area contributed by atoms with E-state index in [1.165, 1.54) is 0 Å². The van der Waals surface area contributed by atoms with E-state index in [-0.39, 0.29) is 17.7 Å². The Hall–Kier alpha value is -0.130. The van der Waals surface area contributed by atoms with Crippen LogP contribution in [0.4, 0.5) is 0 Å². The van der Waals surface area contributed by atoms with Gasteiger partial charge in [0.2, 0.25) is 10.0 Å².